The molecule has 7 heteroatoms. The predicted octanol–water partition coefficient (Wildman–Crippen LogP) is 1.78. The van der Waals surface area contributed by atoms with Crippen molar-refractivity contribution in [3.8, 4) is 0 Å². The highest BCUT2D eigenvalue weighted by molar-refractivity contribution is 9.10. The maximum Gasteiger partial charge on any atom is 0.270 e. The van der Waals surface area contributed by atoms with Crippen molar-refractivity contribution in [2.45, 2.75) is 6.10 Å². The SMILES string of the molecule is CN(CC1CNCCO1)c1ccc([N+](=O)[O-])cc1Br. The van der Waals surface area contributed by atoms with Crippen molar-refractivity contribution in [2.75, 3.05) is 38.2 Å². The monoisotopic (exact) mass is 329 g/mol. The van der Waals surface area contributed by atoms with Crippen LogP contribution in [-0.2, 0) is 4.74 Å². The smallest absolute Gasteiger partial charge is 0.270 e. The van der Waals surface area contributed by atoms with Crippen LogP contribution in [0.2, 0.25) is 0 Å². The molecule has 1 N–H and O–H groups in total. The van der Waals surface area contributed by atoms with Crippen LogP contribution < -0.4 is 10.2 Å². The molecule has 104 valence electrons. The highest BCUT2D eigenvalue weighted by Crippen LogP contribution is 2.29. The summed E-state index contributed by atoms with van der Waals surface area (Å²) in [6.45, 7) is 3.18. The number of nitro benzene ring substituents is 1. The summed E-state index contributed by atoms with van der Waals surface area (Å²) in [6.07, 6.45) is 0.140. The molecule has 0 spiro atoms. The van der Waals surface area contributed by atoms with Crippen LogP contribution in [0.4, 0.5) is 11.4 Å². The van der Waals surface area contributed by atoms with Crippen molar-refractivity contribution in [3.63, 3.8) is 0 Å². The highest BCUT2D eigenvalue weighted by atomic mass is 79.9. The molecule has 0 saturated carbocycles. The molecule has 6 nitrogen and oxygen atoms in total. The molecule has 1 aliphatic rings. The Labute approximate surface area is 120 Å². The van der Waals surface area contributed by atoms with E-state index in [1.54, 1.807) is 6.07 Å². The van der Waals surface area contributed by atoms with Gasteiger partial charge >= 0.3 is 0 Å². The first-order chi connectivity index (χ1) is 9.08. The molecule has 0 amide bonds. The van der Waals surface area contributed by atoms with E-state index in [0.29, 0.717) is 4.47 Å². The fraction of sp³-hybridized carbons (Fsp3) is 0.500. The van der Waals surface area contributed by atoms with Gasteiger partial charge in [-0.2, -0.15) is 0 Å². The van der Waals surface area contributed by atoms with Crippen molar-refractivity contribution in [3.05, 3.63) is 32.8 Å². The van der Waals surface area contributed by atoms with Crippen molar-refractivity contribution in [2.24, 2.45) is 0 Å². The molecule has 0 bridgehead atoms. The number of non-ortho nitro benzene ring substituents is 1. The Kier molecular flexibility index (Phi) is 4.73. The second-order valence-electron chi connectivity index (χ2n) is 4.47. The molecular weight excluding hydrogens is 314 g/mol. The molecule has 19 heavy (non-hydrogen) atoms. The van der Waals surface area contributed by atoms with E-state index in [1.807, 2.05) is 11.9 Å². The van der Waals surface area contributed by atoms with E-state index in [9.17, 15) is 10.1 Å². The minimum absolute atomic E-state index is 0.0830. The number of likely N-dealkylation sites (N-methyl/N-ethyl adjacent to an activating group) is 1. The van der Waals surface area contributed by atoms with Crippen LogP contribution in [-0.4, -0.2) is 44.3 Å². The van der Waals surface area contributed by atoms with Crippen molar-refractivity contribution < 1.29 is 9.66 Å². The van der Waals surface area contributed by atoms with Gasteiger partial charge in [-0.15, -0.1) is 0 Å². The Balaban J connectivity index is 2.05. The number of benzene rings is 1. The first-order valence-corrected chi connectivity index (χ1v) is 6.84. The number of anilines is 1. The van der Waals surface area contributed by atoms with Crippen LogP contribution in [0, 0.1) is 10.1 Å². The first kappa shape index (κ1) is 14.2. The van der Waals surface area contributed by atoms with Gasteiger partial charge in [0.15, 0.2) is 0 Å². The second-order valence-corrected chi connectivity index (χ2v) is 5.32. The molecule has 2 rings (SSSR count). The van der Waals surface area contributed by atoms with Gasteiger partial charge in [0.2, 0.25) is 0 Å². The van der Waals surface area contributed by atoms with E-state index in [2.05, 4.69) is 21.2 Å². The molecule has 0 aliphatic carbocycles. The third-order valence-electron chi connectivity index (χ3n) is 3.04. The quantitative estimate of drug-likeness (QED) is 0.673. The Morgan fingerprint density at radius 2 is 2.42 bits per heavy atom. The minimum Gasteiger partial charge on any atom is -0.374 e. The van der Waals surface area contributed by atoms with Gasteiger partial charge in [0, 0.05) is 43.3 Å². The van der Waals surface area contributed by atoms with Gasteiger partial charge < -0.3 is 15.0 Å². The number of hydrogen-bond acceptors (Lipinski definition) is 5. The lowest BCUT2D eigenvalue weighted by Gasteiger charge is -2.29. The van der Waals surface area contributed by atoms with E-state index < -0.39 is 4.92 Å². The summed E-state index contributed by atoms with van der Waals surface area (Å²) in [5, 5.41) is 14.0. The number of nitrogens with one attached hydrogen (secondary N) is 1. The Hall–Kier alpha value is -1.18. The van der Waals surface area contributed by atoms with E-state index in [4.69, 9.17) is 4.74 Å². The highest BCUT2D eigenvalue weighted by Gasteiger charge is 2.18. The standard InChI is InChI=1S/C12H16BrN3O3/c1-15(8-10-7-14-4-5-19-10)12-3-2-9(16(17)18)6-11(12)13/h2-3,6,10,14H,4-5,7-8H2,1H3. The fourth-order valence-electron chi connectivity index (χ4n) is 2.06. The molecule has 1 heterocycles. The second kappa shape index (κ2) is 6.31. The number of nitro groups is 1. The van der Waals surface area contributed by atoms with Gasteiger partial charge in [0.05, 0.1) is 23.3 Å². The van der Waals surface area contributed by atoms with Gasteiger partial charge in [-0.05, 0) is 22.0 Å². The lowest BCUT2D eigenvalue weighted by atomic mass is 10.2. The van der Waals surface area contributed by atoms with Gasteiger partial charge in [0.1, 0.15) is 0 Å². The minimum atomic E-state index is -0.400. The van der Waals surface area contributed by atoms with E-state index >= 15 is 0 Å². The normalized spacial score (nSPS) is 19.2. The predicted molar refractivity (Wildman–Crippen MR) is 76.7 cm³/mol. The van der Waals surface area contributed by atoms with Crippen LogP contribution in [0.3, 0.4) is 0 Å². The van der Waals surface area contributed by atoms with Gasteiger partial charge in [-0.3, -0.25) is 10.1 Å². The maximum atomic E-state index is 10.7. The molecule has 1 unspecified atom stereocenters. The average Bonchev–Trinajstić information content (AvgIpc) is 2.39. The van der Waals surface area contributed by atoms with Gasteiger partial charge in [-0.25, -0.2) is 0 Å². The average molecular weight is 330 g/mol. The molecule has 1 aromatic rings. The summed E-state index contributed by atoms with van der Waals surface area (Å²) in [5.41, 5.74) is 0.999. The Morgan fingerprint density at radius 1 is 1.63 bits per heavy atom. The zero-order valence-electron chi connectivity index (χ0n) is 10.6. The van der Waals surface area contributed by atoms with Crippen molar-refractivity contribution in [1.82, 2.24) is 5.32 Å². The topological polar surface area (TPSA) is 67.6 Å². The summed E-state index contributed by atoms with van der Waals surface area (Å²) in [4.78, 5) is 12.3. The molecule has 1 fully saturated rings. The largest absolute Gasteiger partial charge is 0.374 e. The summed E-state index contributed by atoms with van der Waals surface area (Å²) in [6, 6.07) is 4.78. The lowest BCUT2D eigenvalue weighted by molar-refractivity contribution is -0.384. The number of morpholine rings is 1. The van der Waals surface area contributed by atoms with Crippen molar-refractivity contribution in [1.29, 1.82) is 0 Å². The summed E-state index contributed by atoms with van der Waals surface area (Å²) < 4.78 is 6.36. The summed E-state index contributed by atoms with van der Waals surface area (Å²) in [7, 11) is 1.95. The zero-order valence-corrected chi connectivity index (χ0v) is 12.2. The molecule has 0 radical (unpaired) electrons. The molecule has 1 aliphatic heterocycles. The zero-order chi connectivity index (χ0) is 13.8. The van der Waals surface area contributed by atoms with Gasteiger partial charge in [-0.1, -0.05) is 0 Å². The lowest BCUT2D eigenvalue weighted by Crippen LogP contribution is -2.44. The molecule has 1 saturated heterocycles. The Bertz CT molecular complexity index is 464. The number of hydrogen-bond donors (Lipinski definition) is 1. The first-order valence-electron chi connectivity index (χ1n) is 6.05. The van der Waals surface area contributed by atoms with E-state index in [1.165, 1.54) is 12.1 Å². The van der Waals surface area contributed by atoms with E-state index in [-0.39, 0.29) is 11.8 Å². The summed E-state index contributed by atoms with van der Waals surface area (Å²) in [5.74, 6) is 0. The fourth-order valence-corrected chi connectivity index (χ4v) is 2.73. The molecule has 1 atom stereocenters. The third kappa shape index (κ3) is 3.65. The molecular formula is C12H16BrN3O3. The van der Waals surface area contributed by atoms with Crippen LogP contribution >= 0.6 is 15.9 Å². The molecule has 0 aromatic heterocycles. The number of ether oxygens (including phenoxy) is 1. The van der Waals surface area contributed by atoms with Crippen LogP contribution in [0.5, 0.6) is 0 Å². The number of nitrogens with zero attached hydrogens (tertiary/aromatic N) is 2. The van der Waals surface area contributed by atoms with Crippen LogP contribution in [0.1, 0.15) is 0 Å². The van der Waals surface area contributed by atoms with Crippen LogP contribution in [0.15, 0.2) is 22.7 Å². The third-order valence-corrected chi connectivity index (χ3v) is 3.67. The molecule has 1 aromatic carbocycles. The van der Waals surface area contributed by atoms with Gasteiger partial charge in [0.25, 0.3) is 5.69 Å². The Morgan fingerprint density at radius 3 is 3.00 bits per heavy atom. The van der Waals surface area contributed by atoms with Crippen molar-refractivity contribution >= 4 is 27.3 Å². The van der Waals surface area contributed by atoms with E-state index in [0.717, 1.165) is 31.9 Å². The maximum absolute atomic E-state index is 10.7. The number of halogens is 1. The van der Waals surface area contributed by atoms with Crippen LogP contribution in [0.25, 0.3) is 0 Å². The summed E-state index contributed by atoms with van der Waals surface area (Å²) >= 11 is 3.38. The number of rotatable bonds is 4.